The molecular weight excluding hydrogens is 725 g/mol. The van der Waals surface area contributed by atoms with E-state index in [-0.39, 0.29) is 6.04 Å². The van der Waals surface area contributed by atoms with E-state index in [0.29, 0.717) is 0 Å². The summed E-state index contributed by atoms with van der Waals surface area (Å²) in [5.41, 5.74) is 16.3. The van der Waals surface area contributed by atoms with E-state index in [4.69, 9.17) is 0 Å². The first-order chi connectivity index (χ1) is 29.1. The number of aryl methyl sites for hydroxylation is 7. The number of hydrogen-bond donors (Lipinski definition) is 1. The summed E-state index contributed by atoms with van der Waals surface area (Å²) in [5.74, 6) is 0. The van der Waals surface area contributed by atoms with Gasteiger partial charge in [-0.15, -0.1) is 0 Å². The van der Waals surface area contributed by atoms with Crippen LogP contribution < -0.4 is 5.32 Å². The lowest BCUT2D eigenvalue weighted by atomic mass is 9.93. The van der Waals surface area contributed by atoms with Crippen LogP contribution in [0, 0.1) is 48.5 Å². The molecule has 0 amide bonds. The van der Waals surface area contributed by atoms with Crippen molar-refractivity contribution in [3.05, 3.63) is 250 Å². The highest BCUT2D eigenvalue weighted by Crippen LogP contribution is 2.29. The largest absolute Gasteiger partial charge is 0.377 e. The van der Waals surface area contributed by atoms with Gasteiger partial charge in [0.25, 0.3) is 0 Å². The predicted octanol–water partition coefficient (Wildman–Crippen LogP) is 15.7. The maximum Gasteiger partial charge on any atom is 0.0869 e. The summed E-state index contributed by atoms with van der Waals surface area (Å²) in [5, 5.41) is 3.35. The third-order valence-corrected chi connectivity index (χ3v) is 9.36. The summed E-state index contributed by atoms with van der Waals surface area (Å²) >= 11 is 0. The van der Waals surface area contributed by atoms with Crippen LogP contribution in [-0.4, -0.2) is 11.8 Å². The number of hydrogen-bond acceptors (Lipinski definition) is 2. The molecular formula is C58H66N2. The fourth-order valence-electron chi connectivity index (χ4n) is 5.93. The Hall–Kier alpha value is -6.51. The maximum absolute atomic E-state index is 4.68. The SMILES string of the molecule is C/C=C\C=C/c1ccc(C)c(-c2cc(C)ccc2C)c1.CC.Cc1ccc(C2=CNC3C=CC=CC3=N2)cc1.Cc1ccccc1.Cc1ccccc1.Cc1ccccc1. The fraction of sp³-hybridized carbons (Fsp3) is 0.190. The molecule has 1 heterocycles. The first-order valence-electron chi connectivity index (χ1n) is 21.1. The molecule has 1 unspecified atom stereocenters. The number of nitrogens with one attached hydrogen (secondary N) is 1. The Kier molecular flexibility index (Phi) is 21.7. The molecule has 60 heavy (non-hydrogen) atoms. The molecule has 0 spiro atoms. The second-order valence-corrected chi connectivity index (χ2v) is 14.6. The summed E-state index contributed by atoms with van der Waals surface area (Å²) in [6.07, 6.45) is 18.5. The van der Waals surface area contributed by atoms with Gasteiger partial charge in [-0.3, -0.25) is 0 Å². The van der Waals surface area contributed by atoms with Gasteiger partial charge in [-0.1, -0.05) is 230 Å². The fourth-order valence-corrected chi connectivity index (χ4v) is 5.93. The van der Waals surface area contributed by atoms with E-state index in [9.17, 15) is 0 Å². The number of allylic oxidation sites excluding steroid dienone is 5. The monoisotopic (exact) mass is 791 g/mol. The highest BCUT2D eigenvalue weighted by molar-refractivity contribution is 6.05. The molecule has 8 rings (SSSR count). The normalized spacial score (nSPS) is 13.1. The highest BCUT2D eigenvalue weighted by Gasteiger charge is 2.16. The molecule has 1 atom stereocenters. The minimum atomic E-state index is 0.231. The molecule has 0 aromatic heterocycles. The van der Waals surface area contributed by atoms with Crippen molar-refractivity contribution in [2.45, 2.75) is 75.3 Å². The predicted molar refractivity (Wildman–Crippen MR) is 267 cm³/mol. The van der Waals surface area contributed by atoms with Crippen LogP contribution >= 0.6 is 0 Å². The van der Waals surface area contributed by atoms with Crippen molar-refractivity contribution in [1.82, 2.24) is 5.32 Å². The van der Waals surface area contributed by atoms with Gasteiger partial charge in [0.05, 0.1) is 17.5 Å². The van der Waals surface area contributed by atoms with Gasteiger partial charge in [0.2, 0.25) is 0 Å². The van der Waals surface area contributed by atoms with Gasteiger partial charge in [0.1, 0.15) is 0 Å². The summed E-state index contributed by atoms with van der Waals surface area (Å²) in [4.78, 5) is 4.68. The Labute approximate surface area is 363 Å². The molecule has 0 saturated heterocycles. The second-order valence-electron chi connectivity index (χ2n) is 14.6. The third kappa shape index (κ3) is 17.5. The topological polar surface area (TPSA) is 24.4 Å². The van der Waals surface area contributed by atoms with Crippen LogP contribution in [-0.2, 0) is 0 Å². The highest BCUT2D eigenvalue weighted by atomic mass is 15.0. The molecule has 2 nitrogen and oxygen atoms in total. The number of benzene rings is 6. The first kappa shape index (κ1) is 47.9. The smallest absolute Gasteiger partial charge is 0.0869 e. The van der Waals surface area contributed by atoms with Crippen molar-refractivity contribution in [2.75, 3.05) is 0 Å². The molecule has 0 bridgehead atoms. The number of fused-ring (bicyclic) bond motifs is 1. The van der Waals surface area contributed by atoms with Gasteiger partial charge < -0.3 is 5.32 Å². The molecule has 0 saturated carbocycles. The third-order valence-electron chi connectivity index (χ3n) is 9.36. The zero-order valence-electron chi connectivity index (χ0n) is 37.7. The minimum absolute atomic E-state index is 0.231. The molecule has 1 aliphatic carbocycles. The lowest BCUT2D eigenvalue weighted by molar-refractivity contribution is 0.862. The van der Waals surface area contributed by atoms with Gasteiger partial charge in [0, 0.05) is 11.8 Å². The Morgan fingerprint density at radius 2 is 0.983 bits per heavy atom. The van der Waals surface area contributed by atoms with E-state index in [0.717, 1.165) is 17.0 Å². The minimum Gasteiger partial charge on any atom is -0.377 e. The Balaban J connectivity index is 0.000000214. The Morgan fingerprint density at radius 1 is 0.500 bits per heavy atom. The molecule has 308 valence electrons. The van der Waals surface area contributed by atoms with Crippen LogP contribution in [0.4, 0.5) is 0 Å². The molecule has 1 N–H and O–H groups in total. The van der Waals surface area contributed by atoms with Crippen LogP contribution in [0.5, 0.6) is 0 Å². The van der Waals surface area contributed by atoms with Crippen molar-refractivity contribution in [3.63, 3.8) is 0 Å². The molecule has 0 fully saturated rings. The summed E-state index contributed by atoms with van der Waals surface area (Å²) in [7, 11) is 0. The average molecular weight is 791 g/mol. The van der Waals surface area contributed by atoms with Gasteiger partial charge >= 0.3 is 0 Å². The first-order valence-corrected chi connectivity index (χ1v) is 21.1. The second kappa shape index (κ2) is 27.2. The Morgan fingerprint density at radius 3 is 1.48 bits per heavy atom. The van der Waals surface area contributed by atoms with Crippen molar-refractivity contribution in [2.24, 2.45) is 4.99 Å². The molecule has 6 aromatic rings. The Bertz CT molecular complexity index is 2220. The zero-order chi connectivity index (χ0) is 43.5. The van der Waals surface area contributed by atoms with Gasteiger partial charge in [0.15, 0.2) is 0 Å². The summed E-state index contributed by atoms with van der Waals surface area (Å²) in [6, 6.07) is 52.7. The standard InChI is InChI=1S/C20H22.C15H14N2.3C7H8.C2H6/c1-5-6-7-8-18-12-11-17(4)20(14-18)19-13-15(2)9-10-16(19)3;1-11-6-8-12(9-7-11)15-10-16-13-4-2-3-5-14(13)17-15;3*1-7-5-3-2-4-6-7;1-2/h5-14H,1-4H3;2-10,13,16H,1H3;3*2-6H,1H3;1-2H3/b6-5-,8-7-;;;;;. The lowest BCUT2D eigenvalue weighted by Crippen LogP contribution is -2.34. The van der Waals surface area contributed by atoms with Crippen molar-refractivity contribution < 1.29 is 0 Å². The van der Waals surface area contributed by atoms with Crippen molar-refractivity contribution in [3.8, 4) is 11.1 Å². The number of rotatable bonds is 4. The van der Waals surface area contributed by atoms with E-state index in [1.807, 2.05) is 99.8 Å². The van der Waals surface area contributed by atoms with E-state index < -0.39 is 0 Å². The molecule has 2 heteroatoms. The van der Waals surface area contributed by atoms with Crippen LogP contribution in [0.3, 0.4) is 0 Å². The van der Waals surface area contributed by atoms with Gasteiger partial charge in [-0.05, 0) is 95.3 Å². The lowest BCUT2D eigenvalue weighted by Gasteiger charge is -2.21. The van der Waals surface area contributed by atoms with Crippen LogP contribution in [0.2, 0.25) is 0 Å². The van der Waals surface area contributed by atoms with E-state index in [1.165, 1.54) is 55.6 Å². The van der Waals surface area contributed by atoms with Crippen molar-refractivity contribution >= 4 is 17.5 Å². The molecule has 2 aliphatic rings. The average Bonchev–Trinajstić information content (AvgIpc) is 3.28. The van der Waals surface area contributed by atoms with E-state index in [1.54, 1.807) is 0 Å². The van der Waals surface area contributed by atoms with Gasteiger partial charge in [-0.25, -0.2) is 4.99 Å². The summed E-state index contributed by atoms with van der Waals surface area (Å²) in [6.45, 7) is 20.9. The summed E-state index contributed by atoms with van der Waals surface area (Å²) < 4.78 is 0. The number of aliphatic imine (C=N–C) groups is 1. The van der Waals surface area contributed by atoms with Crippen LogP contribution in [0.25, 0.3) is 22.9 Å². The van der Waals surface area contributed by atoms with E-state index in [2.05, 4.69) is 186 Å². The van der Waals surface area contributed by atoms with Crippen LogP contribution in [0.1, 0.15) is 70.8 Å². The van der Waals surface area contributed by atoms with Gasteiger partial charge in [-0.2, -0.15) is 0 Å². The van der Waals surface area contributed by atoms with Crippen LogP contribution in [0.15, 0.2) is 205 Å². The molecule has 0 radical (unpaired) electrons. The quantitative estimate of drug-likeness (QED) is 0.177. The van der Waals surface area contributed by atoms with Crippen molar-refractivity contribution in [1.29, 1.82) is 0 Å². The molecule has 6 aromatic carbocycles. The zero-order valence-corrected chi connectivity index (χ0v) is 37.7. The van der Waals surface area contributed by atoms with E-state index >= 15 is 0 Å². The maximum atomic E-state index is 4.68. The number of nitrogens with zero attached hydrogens (tertiary/aromatic N) is 1. The molecule has 1 aliphatic heterocycles.